The number of hydrogen-bond acceptors (Lipinski definition) is 5. The van der Waals surface area contributed by atoms with Crippen molar-refractivity contribution in [2.24, 2.45) is 5.41 Å². The number of rotatable bonds is 10. The van der Waals surface area contributed by atoms with E-state index in [9.17, 15) is 14.4 Å². The summed E-state index contributed by atoms with van der Waals surface area (Å²) in [6, 6.07) is 13.0. The quantitative estimate of drug-likeness (QED) is 0.378. The Hall–Kier alpha value is -3.61. The zero-order valence-corrected chi connectivity index (χ0v) is 21.9. The Balaban J connectivity index is 1.92. The maximum atomic E-state index is 12.3. The lowest BCUT2D eigenvalue weighted by Gasteiger charge is -2.31. The van der Waals surface area contributed by atoms with E-state index in [1.807, 2.05) is 45.9 Å². The van der Waals surface area contributed by atoms with Crippen molar-refractivity contribution in [2.45, 2.75) is 59.8 Å². The van der Waals surface area contributed by atoms with E-state index < -0.39 is 29.3 Å². The first-order valence-electron chi connectivity index (χ1n) is 12.2. The van der Waals surface area contributed by atoms with Crippen molar-refractivity contribution in [1.82, 2.24) is 5.32 Å². The number of hydrogen-bond donors (Lipinski definition) is 2. The topological polar surface area (TPSA) is 106 Å². The maximum absolute atomic E-state index is 12.3. The van der Waals surface area contributed by atoms with E-state index >= 15 is 0 Å². The molecule has 1 amide bonds. The summed E-state index contributed by atoms with van der Waals surface area (Å²) in [6.45, 7) is 11.4. The molecule has 0 atom stereocenters. The van der Waals surface area contributed by atoms with E-state index in [0.29, 0.717) is 16.9 Å². The highest BCUT2D eigenvalue weighted by Crippen LogP contribution is 2.42. The van der Waals surface area contributed by atoms with Crippen LogP contribution in [0.3, 0.4) is 0 Å². The lowest BCUT2D eigenvalue weighted by atomic mass is 9.73. The number of ketones is 1. The number of carboxylic acid groups (broad SMARTS) is 1. The molecule has 0 bridgehead atoms. The number of aryl methyl sites for hydroxylation is 1. The number of aliphatic carboxylic acids is 1. The summed E-state index contributed by atoms with van der Waals surface area (Å²) in [5.74, 6) is -0.0324. The number of fused-ring (bicyclic) bond motifs is 1. The van der Waals surface area contributed by atoms with Crippen LogP contribution in [0.4, 0.5) is 0 Å². The molecular formula is C29H35NO6. The van der Waals surface area contributed by atoms with Crippen molar-refractivity contribution in [1.29, 1.82) is 0 Å². The summed E-state index contributed by atoms with van der Waals surface area (Å²) < 4.78 is 12.1. The Bertz CT molecular complexity index is 1280. The molecule has 3 rings (SSSR count). The Labute approximate surface area is 211 Å². The predicted octanol–water partition coefficient (Wildman–Crippen LogP) is 5.66. The zero-order chi connectivity index (χ0) is 26.7. The van der Waals surface area contributed by atoms with Gasteiger partial charge in [-0.15, -0.1) is 0 Å². The number of furan rings is 1. The van der Waals surface area contributed by atoms with Crippen molar-refractivity contribution in [2.75, 3.05) is 13.2 Å². The molecule has 2 N–H and O–H groups in total. The number of carbonyl (C=O) groups excluding carboxylic acids is 2. The van der Waals surface area contributed by atoms with Gasteiger partial charge in [-0.3, -0.25) is 14.4 Å². The van der Waals surface area contributed by atoms with Crippen molar-refractivity contribution in [3.05, 3.63) is 64.9 Å². The van der Waals surface area contributed by atoms with Gasteiger partial charge in [0, 0.05) is 16.4 Å². The van der Waals surface area contributed by atoms with Crippen LogP contribution in [0.15, 0.2) is 46.9 Å². The van der Waals surface area contributed by atoms with E-state index in [4.69, 9.17) is 14.3 Å². The van der Waals surface area contributed by atoms with Crippen LogP contribution in [0.1, 0.15) is 74.7 Å². The third kappa shape index (κ3) is 5.61. The Morgan fingerprint density at radius 2 is 1.69 bits per heavy atom. The largest absolute Gasteiger partial charge is 0.486 e. The van der Waals surface area contributed by atoms with Gasteiger partial charge in [0.15, 0.2) is 5.78 Å². The minimum absolute atomic E-state index is 0.0301. The molecule has 0 spiro atoms. The van der Waals surface area contributed by atoms with Crippen LogP contribution in [-0.2, 0) is 15.0 Å². The van der Waals surface area contributed by atoms with Crippen molar-refractivity contribution >= 4 is 28.6 Å². The Kier molecular flexibility index (Phi) is 7.92. The number of carbonyl (C=O) groups is 3. The molecule has 0 saturated heterocycles. The Morgan fingerprint density at radius 3 is 2.28 bits per heavy atom. The molecule has 0 saturated carbocycles. The Morgan fingerprint density at radius 1 is 1.00 bits per heavy atom. The molecular weight excluding hydrogens is 458 g/mol. The molecule has 0 fully saturated rings. The third-order valence-electron chi connectivity index (χ3n) is 6.78. The van der Waals surface area contributed by atoms with Gasteiger partial charge in [-0.05, 0) is 61.2 Å². The first-order chi connectivity index (χ1) is 16.9. The highest BCUT2D eigenvalue weighted by Gasteiger charge is 2.35. The van der Waals surface area contributed by atoms with Crippen LogP contribution in [-0.4, -0.2) is 35.9 Å². The van der Waals surface area contributed by atoms with Gasteiger partial charge in [-0.25, -0.2) is 0 Å². The number of amides is 1. The number of ether oxygens (including phenoxy) is 1. The average molecular weight is 494 g/mol. The van der Waals surface area contributed by atoms with Gasteiger partial charge >= 0.3 is 5.97 Å². The predicted molar refractivity (Wildman–Crippen MR) is 139 cm³/mol. The lowest BCUT2D eigenvalue weighted by Crippen LogP contribution is -2.29. The molecule has 0 unspecified atom stereocenters. The minimum Gasteiger partial charge on any atom is -0.486 e. The van der Waals surface area contributed by atoms with Crippen LogP contribution in [0, 0.1) is 12.3 Å². The molecule has 0 radical (unpaired) electrons. The van der Waals surface area contributed by atoms with E-state index in [2.05, 4.69) is 25.2 Å². The van der Waals surface area contributed by atoms with Gasteiger partial charge in [-0.2, -0.15) is 0 Å². The first kappa shape index (κ1) is 27.0. The van der Waals surface area contributed by atoms with E-state index in [1.54, 1.807) is 18.2 Å². The highest BCUT2D eigenvalue weighted by atomic mass is 16.5. The number of carboxylic acids is 1. The number of benzene rings is 2. The summed E-state index contributed by atoms with van der Waals surface area (Å²) >= 11 is 0. The average Bonchev–Trinajstić information content (AvgIpc) is 3.26. The molecule has 0 aliphatic carbocycles. The van der Waals surface area contributed by atoms with Gasteiger partial charge in [0.05, 0.1) is 5.41 Å². The molecule has 36 heavy (non-hydrogen) atoms. The molecule has 7 nitrogen and oxygen atoms in total. The van der Waals surface area contributed by atoms with Crippen molar-refractivity contribution in [3.8, 4) is 5.75 Å². The van der Waals surface area contributed by atoms with E-state index in [0.717, 1.165) is 35.1 Å². The molecule has 1 aromatic heterocycles. The van der Waals surface area contributed by atoms with Gasteiger partial charge in [0.2, 0.25) is 0 Å². The first-order valence-corrected chi connectivity index (χ1v) is 12.2. The van der Waals surface area contributed by atoms with Crippen LogP contribution in [0.25, 0.3) is 11.0 Å². The SMILES string of the molecule is CCC(CC)(c1ccc(OCC(=O)C(C)(C)C)c(C)c1)c1cc2cc(C(=O)NCC(=O)O)ccc2o1. The second kappa shape index (κ2) is 10.6. The summed E-state index contributed by atoms with van der Waals surface area (Å²) in [7, 11) is 0. The monoisotopic (exact) mass is 493 g/mol. The maximum Gasteiger partial charge on any atom is 0.322 e. The van der Waals surface area contributed by atoms with Crippen LogP contribution >= 0.6 is 0 Å². The van der Waals surface area contributed by atoms with Gasteiger partial charge in [0.1, 0.15) is 30.2 Å². The minimum atomic E-state index is -1.10. The fourth-order valence-electron chi connectivity index (χ4n) is 4.30. The second-order valence-corrected chi connectivity index (χ2v) is 10.2. The van der Waals surface area contributed by atoms with E-state index in [-0.39, 0.29) is 12.4 Å². The second-order valence-electron chi connectivity index (χ2n) is 10.2. The fraction of sp³-hybridized carbons (Fsp3) is 0.414. The van der Waals surface area contributed by atoms with Crippen LogP contribution < -0.4 is 10.1 Å². The lowest BCUT2D eigenvalue weighted by molar-refractivity contribution is -0.135. The number of nitrogens with one attached hydrogen (secondary N) is 1. The molecule has 2 aromatic carbocycles. The van der Waals surface area contributed by atoms with Gasteiger partial charge in [-0.1, -0.05) is 46.8 Å². The van der Waals surface area contributed by atoms with Crippen LogP contribution in [0.5, 0.6) is 5.75 Å². The smallest absolute Gasteiger partial charge is 0.322 e. The summed E-state index contributed by atoms with van der Waals surface area (Å²) in [5.41, 5.74) is 2.20. The third-order valence-corrected chi connectivity index (χ3v) is 6.78. The fourth-order valence-corrected chi connectivity index (χ4v) is 4.30. The molecule has 0 aliphatic rings. The zero-order valence-electron chi connectivity index (χ0n) is 21.9. The van der Waals surface area contributed by atoms with Crippen LogP contribution in [0.2, 0.25) is 0 Å². The molecule has 192 valence electrons. The van der Waals surface area contributed by atoms with E-state index in [1.165, 1.54) is 0 Å². The normalized spacial score (nSPS) is 11.9. The number of Topliss-reactive ketones (excluding diaryl/α,β-unsaturated/α-hetero) is 1. The standard InChI is InChI=1S/C29H35NO6/c1-7-29(8-2,21-10-12-22(18(3)13-21)35-17-24(31)28(4,5)6)25-15-20-14-19(9-11-23(20)36-25)27(34)30-16-26(32)33/h9-15H,7-8,16-17H2,1-6H3,(H,30,34)(H,32,33). The summed E-state index contributed by atoms with van der Waals surface area (Å²) in [6.07, 6.45) is 1.58. The molecule has 3 aromatic rings. The molecule has 0 aliphatic heterocycles. The summed E-state index contributed by atoms with van der Waals surface area (Å²) in [4.78, 5) is 35.4. The van der Waals surface area contributed by atoms with Gasteiger partial charge in [0.25, 0.3) is 5.91 Å². The van der Waals surface area contributed by atoms with Crippen molar-refractivity contribution in [3.63, 3.8) is 0 Å². The molecule has 1 heterocycles. The summed E-state index contributed by atoms with van der Waals surface area (Å²) in [5, 5.41) is 12.0. The van der Waals surface area contributed by atoms with Gasteiger partial charge < -0.3 is 19.6 Å². The highest BCUT2D eigenvalue weighted by molar-refractivity contribution is 5.99. The molecule has 7 heteroatoms. The van der Waals surface area contributed by atoms with Crippen molar-refractivity contribution < 1.29 is 28.6 Å².